The van der Waals surface area contributed by atoms with Crippen LogP contribution < -0.4 is 10.6 Å². The Balaban J connectivity index is 1.39. The highest BCUT2D eigenvalue weighted by atomic mass is 16.5. The minimum Gasteiger partial charge on any atom is -0.396 e. The van der Waals surface area contributed by atoms with Gasteiger partial charge in [0.1, 0.15) is 11.6 Å². The fourth-order valence-corrected chi connectivity index (χ4v) is 7.23. The summed E-state index contributed by atoms with van der Waals surface area (Å²) in [7, 11) is 0. The van der Waals surface area contributed by atoms with Crippen molar-refractivity contribution >= 4 is 23.4 Å². The van der Waals surface area contributed by atoms with Crippen molar-refractivity contribution in [1.29, 1.82) is 0 Å². The Kier molecular flexibility index (Phi) is 8.56. The molecule has 4 aliphatic rings. The number of aliphatic hydroxyl groups excluding tert-OH is 1. The Labute approximate surface area is 230 Å². The smallest absolute Gasteiger partial charge is 0.245 e. The predicted molar refractivity (Wildman–Crippen MR) is 145 cm³/mol. The lowest BCUT2D eigenvalue weighted by atomic mass is 9.65. The molecule has 5 rings (SSSR count). The number of anilines is 1. The number of amides is 3. The highest BCUT2D eigenvalue weighted by molar-refractivity contribution is 6.02. The van der Waals surface area contributed by atoms with E-state index in [1.54, 1.807) is 4.90 Å². The SMILES string of the molecule is CC[C@@]12CCC3(O1)C(C(=O)NCCN1CCOCC1)N(CCCCCO)C(=O)[C@@H]3[C@@H]2C(=O)Nc1ccccc1. The molecule has 1 spiro atoms. The summed E-state index contributed by atoms with van der Waals surface area (Å²) in [5, 5.41) is 15.3. The lowest BCUT2D eigenvalue weighted by Crippen LogP contribution is -2.56. The summed E-state index contributed by atoms with van der Waals surface area (Å²) in [6.45, 7) is 6.72. The second-order valence-electron chi connectivity index (χ2n) is 11.2. The van der Waals surface area contributed by atoms with Crippen molar-refractivity contribution in [1.82, 2.24) is 15.1 Å². The quantitative estimate of drug-likeness (QED) is 0.342. The zero-order chi connectivity index (χ0) is 27.5. The molecule has 0 radical (unpaired) electrons. The van der Waals surface area contributed by atoms with Crippen LogP contribution in [0.15, 0.2) is 30.3 Å². The summed E-state index contributed by atoms with van der Waals surface area (Å²) in [6.07, 6.45) is 3.86. The van der Waals surface area contributed by atoms with Crippen molar-refractivity contribution in [2.45, 2.75) is 62.7 Å². The number of aliphatic hydroxyl groups is 1. The second kappa shape index (κ2) is 11.9. The third-order valence-corrected chi connectivity index (χ3v) is 9.14. The molecule has 0 aromatic heterocycles. The van der Waals surface area contributed by atoms with Crippen molar-refractivity contribution in [2.24, 2.45) is 11.8 Å². The first kappa shape index (κ1) is 28.0. The molecule has 1 aromatic carbocycles. The maximum atomic E-state index is 14.1. The lowest BCUT2D eigenvalue weighted by molar-refractivity contribution is -0.146. The minimum absolute atomic E-state index is 0.0931. The number of carbonyl (C=O) groups excluding carboxylic acids is 3. The number of benzene rings is 1. The van der Waals surface area contributed by atoms with E-state index >= 15 is 0 Å². The first-order valence-electron chi connectivity index (χ1n) is 14.5. The molecule has 4 aliphatic heterocycles. The molecule has 1 aromatic rings. The average molecular weight is 543 g/mol. The number of carbonyl (C=O) groups is 3. The number of hydrogen-bond acceptors (Lipinski definition) is 7. The predicted octanol–water partition coefficient (Wildman–Crippen LogP) is 1.39. The number of nitrogens with zero attached hydrogens (tertiary/aromatic N) is 2. The van der Waals surface area contributed by atoms with Crippen LogP contribution >= 0.6 is 0 Å². The molecule has 214 valence electrons. The number of ether oxygens (including phenoxy) is 2. The number of fused-ring (bicyclic) bond motifs is 1. The third kappa shape index (κ3) is 5.19. The van der Waals surface area contributed by atoms with Crippen molar-refractivity contribution < 1.29 is 29.0 Å². The number of morpholine rings is 1. The molecule has 0 aliphatic carbocycles. The third-order valence-electron chi connectivity index (χ3n) is 9.14. The molecule has 3 N–H and O–H groups in total. The number of para-hydroxylation sites is 1. The molecule has 3 amide bonds. The normalized spacial score (nSPS) is 31.9. The Morgan fingerprint density at radius 1 is 1.05 bits per heavy atom. The fraction of sp³-hybridized carbons (Fsp3) is 0.690. The first-order valence-corrected chi connectivity index (χ1v) is 14.5. The van der Waals surface area contributed by atoms with Crippen LogP contribution in [-0.2, 0) is 23.9 Å². The summed E-state index contributed by atoms with van der Waals surface area (Å²) in [4.78, 5) is 45.7. The van der Waals surface area contributed by atoms with Gasteiger partial charge in [0.25, 0.3) is 0 Å². The zero-order valence-corrected chi connectivity index (χ0v) is 22.9. The Morgan fingerprint density at radius 2 is 1.82 bits per heavy atom. The standard InChI is InChI=1S/C29H42N4O6/c1-2-28-11-12-29(39-28)23(22(28)25(35)31-21-9-5-3-6-10-21)27(37)33(14-7-4-8-18-34)24(29)26(36)30-13-15-32-16-19-38-20-17-32/h3,5-6,9-10,22-24,34H,2,4,7-8,11-20H2,1H3,(H,30,36)(H,31,35)/t22-,23+,24?,28+,29?/m1/s1. The van der Waals surface area contributed by atoms with Crippen LogP contribution in [0.25, 0.3) is 0 Å². The van der Waals surface area contributed by atoms with Crippen molar-refractivity contribution in [2.75, 3.05) is 57.9 Å². The number of likely N-dealkylation sites (tertiary alicyclic amines) is 1. The maximum absolute atomic E-state index is 14.1. The van der Waals surface area contributed by atoms with Gasteiger partial charge in [-0.15, -0.1) is 0 Å². The highest BCUT2D eigenvalue weighted by Crippen LogP contribution is 2.64. The average Bonchev–Trinajstić information content (AvgIpc) is 3.56. The van der Waals surface area contributed by atoms with E-state index in [4.69, 9.17) is 9.47 Å². The van der Waals surface area contributed by atoms with Gasteiger partial charge in [0.2, 0.25) is 17.7 Å². The number of rotatable bonds is 12. The second-order valence-corrected chi connectivity index (χ2v) is 11.2. The van der Waals surface area contributed by atoms with Crippen molar-refractivity contribution in [3.63, 3.8) is 0 Å². The van der Waals surface area contributed by atoms with Crippen LogP contribution in [0, 0.1) is 11.8 Å². The Hall–Kier alpha value is -2.53. The molecule has 10 nitrogen and oxygen atoms in total. The summed E-state index contributed by atoms with van der Waals surface area (Å²) >= 11 is 0. The van der Waals surface area contributed by atoms with Gasteiger partial charge in [0.15, 0.2) is 0 Å². The maximum Gasteiger partial charge on any atom is 0.245 e. The molecule has 5 atom stereocenters. The molecule has 10 heteroatoms. The molecule has 4 heterocycles. The van der Waals surface area contributed by atoms with E-state index < -0.39 is 29.1 Å². The topological polar surface area (TPSA) is 120 Å². The molecule has 2 bridgehead atoms. The van der Waals surface area contributed by atoms with Gasteiger partial charge in [-0.3, -0.25) is 19.3 Å². The molecule has 2 unspecified atom stereocenters. The number of unbranched alkanes of at least 4 members (excludes halogenated alkanes) is 2. The largest absolute Gasteiger partial charge is 0.396 e. The first-order chi connectivity index (χ1) is 19.0. The van der Waals surface area contributed by atoms with E-state index in [0.717, 1.165) is 19.5 Å². The van der Waals surface area contributed by atoms with Crippen LogP contribution in [0.3, 0.4) is 0 Å². The summed E-state index contributed by atoms with van der Waals surface area (Å²) in [5.74, 6) is -1.98. The molecular weight excluding hydrogens is 500 g/mol. The lowest BCUT2D eigenvalue weighted by Gasteiger charge is -2.34. The van der Waals surface area contributed by atoms with Crippen LogP contribution in [0.4, 0.5) is 5.69 Å². The molecular formula is C29H42N4O6. The van der Waals surface area contributed by atoms with Crippen LogP contribution in [0.5, 0.6) is 0 Å². The monoisotopic (exact) mass is 542 g/mol. The summed E-state index contributed by atoms with van der Waals surface area (Å²) in [5.41, 5.74) is -1.12. The zero-order valence-electron chi connectivity index (χ0n) is 22.9. The molecule has 0 saturated carbocycles. The number of hydrogen-bond donors (Lipinski definition) is 3. The van der Waals surface area contributed by atoms with E-state index in [1.165, 1.54) is 0 Å². The van der Waals surface area contributed by atoms with Gasteiger partial charge in [0.05, 0.1) is 30.7 Å². The summed E-state index contributed by atoms with van der Waals surface area (Å²) < 4.78 is 12.2. The van der Waals surface area contributed by atoms with Gasteiger partial charge < -0.3 is 30.1 Å². The highest BCUT2D eigenvalue weighted by Gasteiger charge is 2.78. The fourth-order valence-electron chi connectivity index (χ4n) is 7.23. The van der Waals surface area contributed by atoms with Crippen LogP contribution in [0.2, 0.25) is 0 Å². The Morgan fingerprint density at radius 3 is 2.54 bits per heavy atom. The van der Waals surface area contributed by atoms with E-state index in [-0.39, 0.29) is 24.3 Å². The van der Waals surface area contributed by atoms with Gasteiger partial charge in [-0.25, -0.2) is 0 Å². The van der Waals surface area contributed by atoms with Gasteiger partial charge in [-0.2, -0.15) is 0 Å². The number of nitrogens with one attached hydrogen (secondary N) is 2. The van der Waals surface area contributed by atoms with Crippen molar-refractivity contribution in [3.05, 3.63) is 30.3 Å². The van der Waals surface area contributed by atoms with E-state index in [9.17, 15) is 19.5 Å². The van der Waals surface area contributed by atoms with Gasteiger partial charge in [-0.05, 0) is 50.7 Å². The van der Waals surface area contributed by atoms with E-state index in [0.29, 0.717) is 70.6 Å². The molecule has 39 heavy (non-hydrogen) atoms. The molecule has 4 fully saturated rings. The van der Waals surface area contributed by atoms with Gasteiger partial charge in [-0.1, -0.05) is 25.1 Å². The van der Waals surface area contributed by atoms with Crippen molar-refractivity contribution in [3.8, 4) is 0 Å². The Bertz CT molecular complexity index is 1030. The summed E-state index contributed by atoms with van der Waals surface area (Å²) in [6, 6.07) is 8.48. The van der Waals surface area contributed by atoms with E-state index in [2.05, 4.69) is 15.5 Å². The molecule has 4 saturated heterocycles. The van der Waals surface area contributed by atoms with Crippen LogP contribution in [0.1, 0.15) is 45.4 Å². The minimum atomic E-state index is -1.02. The van der Waals surface area contributed by atoms with Crippen LogP contribution in [-0.4, -0.2) is 102 Å². The van der Waals surface area contributed by atoms with Gasteiger partial charge >= 0.3 is 0 Å². The van der Waals surface area contributed by atoms with Gasteiger partial charge in [0, 0.05) is 45.0 Å². The van der Waals surface area contributed by atoms with E-state index in [1.807, 2.05) is 37.3 Å².